The Morgan fingerprint density at radius 2 is 1.73 bits per heavy atom. The Hall–Kier alpha value is -0.120. The summed E-state index contributed by atoms with van der Waals surface area (Å²) in [4.78, 5) is 6.91. The van der Waals surface area contributed by atoms with Crippen LogP contribution in [0, 0.1) is 11.3 Å². The van der Waals surface area contributed by atoms with Crippen LogP contribution in [0.4, 0.5) is 0 Å². The van der Waals surface area contributed by atoms with Gasteiger partial charge < -0.3 is 20.1 Å². The zero-order chi connectivity index (χ0) is 18.9. The van der Waals surface area contributed by atoms with Gasteiger partial charge in [0, 0.05) is 46.4 Å². The van der Waals surface area contributed by atoms with Crippen LogP contribution in [0.2, 0.25) is 0 Å². The van der Waals surface area contributed by atoms with Crippen LogP contribution in [0.3, 0.4) is 0 Å². The van der Waals surface area contributed by atoms with E-state index < -0.39 is 0 Å². The van der Waals surface area contributed by atoms with E-state index in [2.05, 4.69) is 55.1 Å². The third-order valence-electron chi connectivity index (χ3n) is 4.74. The van der Waals surface area contributed by atoms with Gasteiger partial charge in [-0.25, -0.2) is 0 Å². The van der Waals surface area contributed by atoms with Gasteiger partial charge in [-0.2, -0.15) is 0 Å². The highest BCUT2D eigenvalue weighted by Crippen LogP contribution is 2.20. The van der Waals surface area contributed by atoms with Gasteiger partial charge in [0.1, 0.15) is 0 Å². The largest absolute Gasteiger partial charge is 0.379 e. The predicted octanol–water partition coefficient (Wildman–Crippen LogP) is 2.58. The molecule has 26 heavy (non-hydrogen) atoms. The van der Waals surface area contributed by atoms with E-state index in [0.717, 1.165) is 45.4 Å². The van der Waals surface area contributed by atoms with Crippen LogP contribution in [-0.2, 0) is 9.47 Å². The lowest BCUT2D eigenvalue weighted by molar-refractivity contribution is 0.0130. The minimum absolute atomic E-state index is 0. The Balaban J connectivity index is 0.00000625. The summed E-state index contributed by atoms with van der Waals surface area (Å²) in [5, 5.41) is 6.91. The van der Waals surface area contributed by atoms with Crippen LogP contribution >= 0.6 is 24.0 Å². The molecule has 0 aromatic carbocycles. The molecule has 1 aliphatic rings. The smallest absolute Gasteiger partial charge is 0.191 e. The second-order valence-electron chi connectivity index (χ2n) is 8.36. The predicted molar refractivity (Wildman–Crippen MR) is 121 cm³/mol. The molecule has 0 amide bonds. The van der Waals surface area contributed by atoms with Crippen molar-refractivity contribution in [3.05, 3.63) is 0 Å². The maximum atomic E-state index is 5.62. The fourth-order valence-electron chi connectivity index (χ4n) is 3.22. The number of halogens is 1. The van der Waals surface area contributed by atoms with Crippen LogP contribution in [-0.4, -0.2) is 76.6 Å². The molecule has 156 valence electrons. The monoisotopic (exact) mass is 484 g/mol. The molecule has 7 heteroatoms. The number of morpholine rings is 1. The average Bonchev–Trinajstić information content (AvgIpc) is 2.56. The Kier molecular flexibility index (Phi) is 13.1. The average molecular weight is 484 g/mol. The topological polar surface area (TPSA) is 58.1 Å². The van der Waals surface area contributed by atoms with Crippen molar-refractivity contribution >= 4 is 29.9 Å². The molecule has 0 aromatic heterocycles. The third-order valence-corrected chi connectivity index (χ3v) is 4.74. The highest BCUT2D eigenvalue weighted by atomic mass is 127. The van der Waals surface area contributed by atoms with Gasteiger partial charge in [0.25, 0.3) is 0 Å². The van der Waals surface area contributed by atoms with E-state index in [-0.39, 0.29) is 35.5 Å². The molecule has 1 fully saturated rings. The maximum Gasteiger partial charge on any atom is 0.191 e. The molecule has 0 bridgehead atoms. The number of rotatable bonds is 8. The van der Waals surface area contributed by atoms with Crippen molar-refractivity contribution in [3.63, 3.8) is 0 Å². The molecule has 0 aliphatic carbocycles. The van der Waals surface area contributed by atoms with Gasteiger partial charge >= 0.3 is 0 Å². The van der Waals surface area contributed by atoms with E-state index in [4.69, 9.17) is 9.47 Å². The molecule has 1 saturated heterocycles. The summed E-state index contributed by atoms with van der Waals surface area (Å²) in [6.45, 7) is 16.5. The Morgan fingerprint density at radius 3 is 2.19 bits per heavy atom. The SMILES string of the molecule is CN=C(NCC(CC(C)C)N1CCOCC1)NCC(OC)C(C)(C)C.I. The van der Waals surface area contributed by atoms with Crippen molar-refractivity contribution in [2.75, 3.05) is 53.6 Å². The molecule has 1 heterocycles. The van der Waals surface area contributed by atoms with Crippen molar-refractivity contribution in [3.8, 4) is 0 Å². The van der Waals surface area contributed by atoms with Crippen molar-refractivity contribution in [2.24, 2.45) is 16.3 Å². The molecule has 0 aromatic rings. The Bertz CT molecular complexity index is 393. The Labute approximate surface area is 177 Å². The lowest BCUT2D eigenvalue weighted by Gasteiger charge is -2.36. The van der Waals surface area contributed by atoms with Gasteiger partial charge in [0.15, 0.2) is 5.96 Å². The number of hydrogen-bond donors (Lipinski definition) is 2. The quantitative estimate of drug-likeness (QED) is 0.315. The molecule has 0 radical (unpaired) electrons. The van der Waals surface area contributed by atoms with E-state index in [1.54, 1.807) is 7.11 Å². The molecule has 1 aliphatic heterocycles. The first kappa shape index (κ1) is 25.9. The standard InChI is InChI=1S/C19H40N4O2.HI/c1-15(2)12-16(23-8-10-25-11-9-23)13-21-18(20-6)22-14-17(24-7)19(3,4)5;/h15-17H,8-14H2,1-7H3,(H2,20,21,22);1H. The van der Waals surface area contributed by atoms with Crippen molar-refractivity contribution in [1.82, 2.24) is 15.5 Å². The summed E-state index contributed by atoms with van der Waals surface area (Å²) in [6.07, 6.45) is 1.31. The third kappa shape index (κ3) is 9.71. The van der Waals surface area contributed by atoms with Gasteiger partial charge in [0.05, 0.1) is 19.3 Å². The normalized spacial score (nSPS) is 19.0. The molecule has 2 unspecified atom stereocenters. The fraction of sp³-hybridized carbons (Fsp3) is 0.947. The number of nitrogens with zero attached hydrogens (tertiary/aromatic N) is 2. The minimum atomic E-state index is 0. The zero-order valence-electron chi connectivity index (χ0n) is 17.8. The van der Waals surface area contributed by atoms with Gasteiger partial charge in [-0.15, -0.1) is 24.0 Å². The van der Waals surface area contributed by atoms with Gasteiger partial charge in [-0.3, -0.25) is 9.89 Å². The molecule has 1 rings (SSSR count). The second-order valence-corrected chi connectivity index (χ2v) is 8.36. The van der Waals surface area contributed by atoms with E-state index in [0.29, 0.717) is 12.0 Å². The van der Waals surface area contributed by atoms with Crippen molar-refractivity contribution in [2.45, 2.75) is 53.2 Å². The number of nitrogens with one attached hydrogen (secondary N) is 2. The van der Waals surface area contributed by atoms with Crippen molar-refractivity contribution < 1.29 is 9.47 Å². The first-order chi connectivity index (χ1) is 11.8. The first-order valence-corrected chi connectivity index (χ1v) is 9.57. The number of aliphatic imine (C=N–C) groups is 1. The molecule has 0 spiro atoms. The van der Waals surface area contributed by atoms with Crippen molar-refractivity contribution in [1.29, 1.82) is 0 Å². The summed E-state index contributed by atoms with van der Waals surface area (Å²) in [5.41, 5.74) is 0.0918. The minimum Gasteiger partial charge on any atom is -0.379 e. The van der Waals surface area contributed by atoms with E-state index in [9.17, 15) is 0 Å². The molecular weight excluding hydrogens is 443 g/mol. The lowest BCUT2D eigenvalue weighted by Crippen LogP contribution is -2.52. The maximum absolute atomic E-state index is 5.62. The number of hydrogen-bond acceptors (Lipinski definition) is 4. The fourth-order valence-corrected chi connectivity index (χ4v) is 3.22. The summed E-state index contributed by atoms with van der Waals surface area (Å²) < 4.78 is 11.1. The van der Waals surface area contributed by atoms with Gasteiger partial charge in [-0.1, -0.05) is 34.6 Å². The Morgan fingerprint density at radius 1 is 1.15 bits per heavy atom. The highest BCUT2D eigenvalue weighted by molar-refractivity contribution is 14.0. The lowest BCUT2D eigenvalue weighted by atomic mass is 9.89. The van der Waals surface area contributed by atoms with Crippen LogP contribution < -0.4 is 10.6 Å². The summed E-state index contributed by atoms with van der Waals surface area (Å²) >= 11 is 0. The van der Waals surface area contributed by atoms with E-state index >= 15 is 0 Å². The van der Waals surface area contributed by atoms with E-state index in [1.807, 2.05) is 7.05 Å². The number of methoxy groups -OCH3 is 1. The number of guanidine groups is 1. The molecule has 2 atom stereocenters. The van der Waals surface area contributed by atoms with Crippen LogP contribution in [0.15, 0.2) is 4.99 Å². The van der Waals surface area contributed by atoms with Crippen LogP contribution in [0.25, 0.3) is 0 Å². The van der Waals surface area contributed by atoms with Crippen LogP contribution in [0.5, 0.6) is 0 Å². The molecule has 0 saturated carbocycles. The van der Waals surface area contributed by atoms with Crippen LogP contribution in [0.1, 0.15) is 41.0 Å². The molecular formula is C19H41IN4O2. The van der Waals surface area contributed by atoms with Gasteiger partial charge in [0.2, 0.25) is 0 Å². The summed E-state index contributed by atoms with van der Waals surface area (Å²) in [7, 11) is 3.59. The zero-order valence-corrected chi connectivity index (χ0v) is 20.1. The van der Waals surface area contributed by atoms with Gasteiger partial charge in [-0.05, 0) is 17.8 Å². The number of ether oxygens (including phenoxy) is 2. The summed E-state index contributed by atoms with van der Waals surface area (Å²) in [6, 6.07) is 0.503. The van der Waals surface area contributed by atoms with E-state index in [1.165, 1.54) is 6.42 Å². The first-order valence-electron chi connectivity index (χ1n) is 9.57. The summed E-state index contributed by atoms with van der Waals surface area (Å²) in [5.74, 6) is 1.51. The molecule has 6 nitrogen and oxygen atoms in total. The molecule has 2 N–H and O–H groups in total. The highest BCUT2D eigenvalue weighted by Gasteiger charge is 2.25. The second kappa shape index (κ2) is 13.1.